The van der Waals surface area contributed by atoms with Crippen molar-refractivity contribution >= 4 is 40.0 Å². The largest absolute Gasteiger partial charge is 0.478 e. The van der Waals surface area contributed by atoms with Crippen LogP contribution in [0, 0.1) is 24.6 Å². The number of hydrogen-bond acceptors (Lipinski definition) is 2. The molecule has 1 amide bonds. The maximum atomic E-state index is 14.9. The molecule has 1 aliphatic rings. The fraction of sp³-hybridized carbons (Fsp3) is 0.300. The van der Waals surface area contributed by atoms with Crippen LogP contribution in [-0.4, -0.2) is 28.0 Å². The fourth-order valence-electron chi connectivity index (χ4n) is 3.47. The predicted molar refractivity (Wildman–Crippen MR) is 102 cm³/mol. The molecule has 0 spiro atoms. The quantitative estimate of drug-likeness (QED) is 0.694. The smallest absolute Gasteiger partial charge is 0.337 e. The molecule has 5 nitrogen and oxygen atoms in total. The van der Waals surface area contributed by atoms with E-state index in [1.54, 1.807) is 19.9 Å². The third kappa shape index (κ3) is 3.56. The van der Waals surface area contributed by atoms with Gasteiger partial charge in [0.1, 0.15) is 5.82 Å². The van der Waals surface area contributed by atoms with Gasteiger partial charge in [0, 0.05) is 22.7 Å². The average Bonchev–Trinajstić information content (AvgIpc) is 2.90. The number of aromatic carboxylic acids is 1. The third-order valence-corrected chi connectivity index (χ3v) is 5.08. The molecule has 1 heterocycles. The lowest BCUT2D eigenvalue weighted by Crippen LogP contribution is -2.33. The first-order valence-electron chi connectivity index (χ1n) is 8.51. The minimum atomic E-state index is -1.23. The highest BCUT2D eigenvalue weighted by atomic mass is 35.5. The zero-order valence-electron chi connectivity index (χ0n) is 14.9. The van der Waals surface area contributed by atoms with Crippen LogP contribution in [0.4, 0.5) is 4.39 Å². The Morgan fingerprint density at radius 1 is 1.44 bits per heavy atom. The molecule has 1 aliphatic carbocycles. The van der Waals surface area contributed by atoms with Crippen molar-refractivity contribution in [3.8, 4) is 11.8 Å². The van der Waals surface area contributed by atoms with E-state index in [4.69, 9.17) is 11.6 Å². The number of hydrogen-bond donors (Lipinski definition) is 3. The summed E-state index contributed by atoms with van der Waals surface area (Å²) in [5, 5.41) is 12.8. The molecule has 0 saturated heterocycles. The van der Waals surface area contributed by atoms with Gasteiger partial charge in [0.2, 0.25) is 0 Å². The summed E-state index contributed by atoms with van der Waals surface area (Å²) in [6.45, 7) is 3.28. The first kappa shape index (κ1) is 19.0. The number of halogens is 2. The van der Waals surface area contributed by atoms with Gasteiger partial charge in [-0.25, -0.2) is 9.18 Å². The van der Waals surface area contributed by atoms with E-state index in [1.165, 1.54) is 0 Å². The number of aromatic amines is 1. The molecule has 3 N–H and O–H groups in total. The Morgan fingerprint density at radius 3 is 2.85 bits per heavy atom. The number of aryl methyl sites for hydroxylation is 1. The molecule has 1 atom stereocenters. The van der Waals surface area contributed by atoms with Crippen molar-refractivity contribution in [2.24, 2.45) is 0 Å². The molecule has 140 valence electrons. The first-order chi connectivity index (χ1) is 12.8. The molecule has 27 heavy (non-hydrogen) atoms. The molecule has 0 fully saturated rings. The molecule has 2 aromatic rings. The highest BCUT2D eigenvalue weighted by Crippen LogP contribution is 2.40. The van der Waals surface area contributed by atoms with Crippen LogP contribution in [0.25, 0.3) is 16.5 Å². The number of fused-ring (bicyclic) bond motifs is 1. The van der Waals surface area contributed by atoms with Gasteiger partial charge in [-0.1, -0.05) is 23.6 Å². The van der Waals surface area contributed by atoms with E-state index in [1.807, 2.05) is 0 Å². The summed E-state index contributed by atoms with van der Waals surface area (Å²) >= 11 is 6.37. The van der Waals surface area contributed by atoms with Crippen molar-refractivity contribution in [2.45, 2.75) is 39.2 Å². The Kier molecular flexibility index (Phi) is 5.24. The molecule has 1 aromatic carbocycles. The van der Waals surface area contributed by atoms with Gasteiger partial charge < -0.3 is 15.4 Å². The van der Waals surface area contributed by atoms with Crippen molar-refractivity contribution in [3.63, 3.8) is 0 Å². The lowest BCUT2D eigenvalue weighted by atomic mass is 9.88. The van der Waals surface area contributed by atoms with E-state index in [-0.39, 0.29) is 23.1 Å². The molecule has 0 unspecified atom stereocenters. The minimum Gasteiger partial charge on any atom is -0.478 e. The number of H-pyrrole nitrogens is 1. The van der Waals surface area contributed by atoms with Gasteiger partial charge in [-0.2, -0.15) is 0 Å². The minimum absolute atomic E-state index is 0.166. The van der Waals surface area contributed by atoms with Crippen LogP contribution < -0.4 is 5.32 Å². The van der Waals surface area contributed by atoms with Gasteiger partial charge in [-0.15, -0.1) is 0 Å². The first-order valence-corrected chi connectivity index (χ1v) is 8.89. The van der Waals surface area contributed by atoms with Crippen molar-refractivity contribution < 1.29 is 19.1 Å². The third-order valence-electron chi connectivity index (χ3n) is 4.61. The number of amides is 1. The molecule has 3 rings (SSSR count). The van der Waals surface area contributed by atoms with Crippen molar-refractivity contribution in [1.29, 1.82) is 0 Å². The van der Waals surface area contributed by atoms with E-state index in [2.05, 4.69) is 22.1 Å². The average molecular weight is 389 g/mol. The number of carboxylic acids is 1. The van der Waals surface area contributed by atoms with E-state index >= 15 is 0 Å². The number of rotatable bonds is 3. The second-order valence-electron chi connectivity index (χ2n) is 6.44. The topological polar surface area (TPSA) is 82.2 Å². The number of carbonyl (C=O) groups is 2. The molecule has 0 radical (unpaired) electrons. The van der Waals surface area contributed by atoms with Gasteiger partial charge in [0.15, 0.2) is 0 Å². The van der Waals surface area contributed by atoms with E-state index in [0.717, 1.165) is 18.9 Å². The van der Waals surface area contributed by atoms with E-state index in [9.17, 15) is 19.1 Å². The number of nitrogens with one attached hydrogen (secondary N) is 2. The number of allylic oxidation sites excluding steroid dienone is 1. The number of aromatic nitrogens is 1. The van der Waals surface area contributed by atoms with Crippen molar-refractivity contribution in [2.75, 3.05) is 0 Å². The summed E-state index contributed by atoms with van der Waals surface area (Å²) in [5.41, 5.74) is 1.67. The molecule has 0 aliphatic heterocycles. The van der Waals surface area contributed by atoms with Crippen LogP contribution in [0.5, 0.6) is 0 Å². The van der Waals surface area contributed by atoms with Crippen LogP contribution in [0.3, 0.4) is 0 Å². The zero-order valence-corrected chi connectivity index (χ0v) is 15.6. The molecular formula is C20H18ClFN2O3. The summed E-state index contributed by atoms with van der Waals surface area (Å²) < 4.78 is 14.9. The van der Waals surface area contributed by atoms with Crippen molar-refractivity contribution in [3.05, 3.63) is 39.8 Å². The summed E-state index contributed by atoms with van der Waals surface area (Å²) in [4.78, 5) is 26.2. The molecular weight excluding hydrogens is 371 g/mol. The summed E-state index contributed by atoms with van der Waals surface area (Å²) in [6, 6.07) is 0.743. The Balaban J connectivity index is 2.16. The molecule has 0 bridgehead atoms. The summed E-state index contributed by atoms with van der Waals surface area (Å²) in [7, 11) is 0. The van der Waals surface area contributed by atoms with E-state index in [0.29, 0.717) is 33.6 Å². The van der Waals surface area contributed by atoms with Gasteiger partial charge in [-0.05, 0) is 50.7 Å². The maximum absolute atomic E-state index is 14.9. The van der Waals surface area contributed by atoms with Crippen molar-refractivity contribution in [1.82, 2.24) is 10.3 Å². The highest BCUT2D eigenvalue weighted by Gasteiger charge is 2.25. The SMILES string of the molecule is CC#CC(=O)N[C@H]1C=C(c2c(F)cc(C(=O)O)c3[nH]c(C)c(Cl)c23)CCC1. The Hall–Kier alpha value is -2.78. The van der Waals surface area contributed by atoms with Crippen LogP contribution in [0.15, 0.2) is 12.1 Å². The van der Waals surface area contributed by atoms with Crippen LogP contribution in [0.1, 0.15) is 47.8 Å². The second-order valence-corrected chi connectivity index (χ2v) is 6.82. The lowest BCUT2D eigenvalue weighted by Gasteiger charge is -2.22. The molecule has 7 heteroatoms. The van der Waals surface area contributed by atoms with Crippen LogP contribution in [-0.2, 0) is 4.79 Å². The van der Waals surface area contributed by atoms with E-state index < -0.39 is 11.8 Å². The van der Waals surface area contributed by atoms with Gasteiger partial charge in [0.25, 0.3) is 5.91 Å². The maximum Gasteiger partial charge on any atom is 0.337 e. The standard InChI is InChI=1S/C20H18ClFN2O3/c1-3-5-15(25)24-12-7-4-6-11(8-12)16-14(22)9-13(20(26)27)19-17(16)18(21)10(2)23-19/h8-9,12,23H,4,6-7H2,1-2H3,(H,24,25)(H,26,27)/t12-/m1/s1. The number of benzene rings is 1. The van der Waals surface area contributed by atoms with Crippen LogP contribution in [0.2, 0.25) is 5.02 Å². The Bertz CT molecular complexity index is 1040. The monoisotopic (exact) mass is 388 g/mol. The zero-order chi connectivity index (χ0) is 19.7. The normalized spacial score (nSPS) is 16.4. The summed E-state index contributed by atoms with van der Waals surface area (Å²) in [5.74, 6) is 2.70. The predicted octanol–water partition coefficient (Wildman–Crippen LogP) is 4.04. The molecule has 1 aromatic heterocycles. The fourth-order valence-corrected chi connectivity index (χ4v) is 3.71. The van der Waals surface area contributed by atoms with Gasteiger partial charge in [0.05, 0.1) is 16.1 Å². The van der Waals surface area contributed by atoms with Crippen LogP contribution >= 0.6 is 11.6 Å². The highest BCUT2D eigenvalue weighted by molar-refractivity contribution is 6.37. The number of carbonyl (C=O) groups excluding carboxylic acids is 1. The lowest BCUT2D eigenvalue weighted by molar-refractivity contribution is -0.116. The molecule has 0 saturated carbocycles. The summed E-state index contributed by atoms with van der Waals surface area (Å²) in [6.07, 6.45) is 3.87. The van der Waals surface area contributed by atoms with Gasteiger partial charge >= 0.3 is 5.97 Å². The number of carboxylic acid groups (broad SMARTS) is 1. The second kappa shape index (κ2) is 7.45. The van der Waals surface area contributed by atoms with Gasteiger partial charge in [-0.3, -0.25) is 4.79 Å². The Morgan fingerprint density at radius 2 is 2.19 bits per heavy atom. The Labute approximate surface area is 160 Å².